The van der Waals surface area contributed by atoms with E-state index < -0.39 is 24.1 Å². The SMILES string of the molecule is O=C(O)[C@@H]1C[C@H](O)CN(C(=O)O)C1. The molecule has 13 heavy (non-hydrogen) atoms. The van der Waals surface area contributed by atoms with Crippen molar-refractivity contribution in [2.24, 2.45) is 5.92 Å². The van der Waals surface area contributed by atoms with Gasteiger partial charge in [-0.05, 0) is 6.42 Å². The Labute approximate surface area is 74.4 Å². The van der Waals surface area contributed by atoms with Gasteiger partial charge in [0, 0.05) is 13.1 Å². The summed E-state index contributed by atoms with van der Waals surface area (Å²) in [6.07, 6.45) is -1.94. The first kappa shape index (κ1) is 9.79. The molecule has 0 unspecified atom stereocenters. The molecule has 3 N–H and O–H groups in total. The smallest absolute Gasteiger partial charge is 0.407 e. The van der Waals surface area contributed by atoms with Crippen molar-refractivity contribution < 1.29 is 24.9 Å². The Morgan fingerprint density at radius 2 is 1.85 bits per heavy atom. The molecule has 0 aromatic carbocycles. The Kier molecular flexibility index (Phi) is 2.72. The molecule has 1 aliphatic rings. The highest BCUT2D eigenvalue weighted by molar-refractivity contribution is 5.72. The van der Waals surface area contributed by atoms with E-state index in [4.69, 9.17) is 10.2 Å². The Bertz CT molecular complexity index is 207. The summed E-state index contributed by atoms with van der Waals surface area (Å²) in [7, 11) is 0. The van der Waals surface area contributed by atoms with Crippen LogP contribution in [-0.4, -0.2) is 51.5 Å². The second-order valence-electron chi connectivity index (χ2n) is 3.11. The second kappa shape index (κ2) is 3.61. The molecule has 6 heteroatoms. The number of carboxylic acid groups (broad SMARTS) is 2. The number of amides is 1. The summed E-state index contributed by atoms with van der Waals surface area (Å²) in [5.74, 6) is -1.86. The number of carbonyl (C=O) groups is 2. The predicted octanol–water partition coefficient (Wildman–Crippen LogP) is -0.568. The second-order valence-corrected chi connectivity index (χ2v) is 3.11. The molecule has 1 amide bonds. The highest BCUT2D eigenvalue weighted by atomic mass is 16.4. The predicted molar refractivity (Wildman–Crippen MR) is 41.3 cm³/mol. The average molecular weight is 189 g/mol. The zero-order chi connectivity index (χ0) is 10.0. The lowest BCUT2D eigenvalue weighted by Crippen LogP contribution is -2.47. The zero-order valence-electron chi connectivity index (χ0n) is 6.88. The van der Waals surface area contributed by atoms with E-state index in [2.05, 4.69) is 0 Å². The van der Waals surface area contributed by atoms with Crippen LogP contribution in [-0.2, 0) is 4.79 Å². The molecular formula is C7H11NO5. The zero-order valence-corrected chi connectivity index (χ0v) is 6.88. The van der Waals surface area contributed by atoms with Gasteiger partial charge in [0.15, 0.2) is 0 Å². The van der Waals surface area contributed by atoms with E-state index in [1.54, 1.807) is 0 Å². The van der Waals surface area contributed by atoms with Crippen molar-refractivity contribution in [3.05, 3.63) is 0 Å². The van der Waals surface area contributed by atoms with Gasteiger partial charge in [-0.1, -0.05) is 0 Å². The molecule has 2 atom stereocenters. The molecule has 1 fully saturated rings. The summed E-state index contributed by atoms with van der Waals surface area (Å²) in [5.41, 5.74) is 0. The lowest BCUT2D eigenvalue weighted by Gasteiger charge is -2.31. The van der Waals surface area contributed by atoms with Crippen LogP contribution in [0.1, 0.15) is 6.42 Å². The molecule has 0 radical (unpaired) electrons. The van der Waals surface area contributed by atoms with Crippen LogP contribution in [0.3, 0.4) is 0 Å². The van der Waals surface area contributed by atoms with Crippen molar-refractivity contribution in [3.8, 4) is 0 Å². The average Bonchev–Trinajstić information content (AvgIpc) is 2.03. The van der Waals surface area contributed by atoms with Gasteiger partial charge in [-0.2, -0.15) is 0 Å². The van der Waals surface area contributed by atoms with Gasteiger partial charge >= 0.3 is 12.1 Å². The lowest BCUT2D eigenvalue weighted by atomic mass is 9.96. The quantitative estimate of drug-likeness (QED) is 0.513. The monoisotopic (exact) mass is 189 g/mol. The molecule has 0 aliphatic carbocycles. The summed E-state index contributed by atoms with van der Waals surface area (Å²) in [6, 6.07) is 0. The first-order chi connectivity index (χ1) is 6.00. The maximum atomic E-state index is 10.5. The Morgan fingerprint density at radius 3 is 2.31 bits per heavy atom. The third kappa shape index (κ3) is 2.32. The van der Waals surface area contributed by atoms with Crippen LogP contribution in [0.4, 0.5) is 4.79 Å². The van der Waals surface area contributed by atoms with Crippen LogP contribution in [0.25, 0.3) is 0 Å². The van der Waals surface area contributed by atoms with Gasteiger partial charge in [0.05, 0.1) is 12.0 Å². The normalized spacial score (nSPS) is 28.5. The van der Waals surface area contributed by atoms with Gasteiger partial charge in [-0.15, -0.1) is 0 Å². The Morgan fingerprint density at radius 1 is 1.23 bits per heavy atom. The van der Waals surface area contributed by atoms with Crippen molar-refractivity contribution in [1.29, 1.82) is 0 Å². The van der Waals surface area contributed by atoms with Crippen molar-refractivity contribution in [2.45, 2.75) is 12.5 Å². The first-order valence-electron chi connectivity index (χ1n) is 3.89. The first-order valence-corrected chi connectivity index (χ1v) is 3.89. The van der Waals surface area contributed by atoms with E-state index >= 15 is 0 Å². The Hall–Kier alpha value is -1.30. The van der Waals surface area contributed by atoms with Crippen molar-refractivity contribution >= 4 is 12.1 Å². The van der Waals surface area contributed by atoms with Crippen LogP contribution in [0.2, 0.25) is 0 Å². The molecule has 0 aromatic heterocycles. The molecule has 0 spiro atoms. The van der Waals surface area contributed by atoms with Gasteiger partial charge in [0.25, 0.3) is 0 Å². The summed E-state index contributed by atoms with van der Waals surface area (Å²) in [6.45, 7) is -0.0408. The van der Waals surface area contributed by atoms with Crippen molar-refractivity contribution in [2.75, 3.05) is 13.1 Å². The maximum absolute atomic E-state index is 10.5. The summed E-state index contributed by atoms with van der Waals surface area (Å²) in [5, 5.41) is 26.4. The van der Waals surface area contributed by atoms with Crippen molar-refractivity contribution in [3.63, 3.8) is 0 Å². The highest BCUT2D eigenvalue weighted by Crippen LogP contribution is 2.16. The minimum absolute atomic E-state index is 0.000880. The maximum Gasteiger partial charge on any atom is 0.407 e. The third-order valence-corrected chi connectivity index (χ3v) is 2.05. The third-order valence-electron chi connectivity index (χ3n) is 2.05. The van der Waals surface area contributed by atoms with Crippen LogP contribution in [0.5, 0.6) is 0 Å². The highest BCUT2D eigenvalue weighted by Gasteiger charge is 2.32. The number of likely N-dealkylation sites (tertiary alicyclic amines) is 1. The van der Waals surface area contributed by atoms with E-state index in [9.17, 15) is 14.7 Å². The molecule has 0 aromatic rings. The van der Waals surface area contributed by atoms with E-state index in [1.165, 1.54) is 0 Å². The fourth-order valence-corrected chi connectivity index (χ4v) is 1.41. The lowest BCUT2D eigenvalue weighted by molar-refractivity contribution is -0.145. The van der Waals surface area contributed by atoms with E-state index in [0.29, 0.717) is 0 Å². The van der Waals surface area contributed by atoms with Crippen LogP contribution >= 0.6 is 0 Å². The number of rotatable bonds is 1. The van der Waals surface area contributed by atoms with Gasteiger partial charge in [-0.3, -0.25) is 4.79 Å². The largest absolute Gasteiger partial charge is 0.481 e. The summed E-state index contributed by atoms with van der Waals surface area (Å²) < 4.78 is 0. The number of carboxylic acids is 1. The van der Waals surface area contributed by atoms with Crippen LogP contribution < -0.4 is 0 Å². The molecular weight excluding hydrogens is 178 g/mol. The van der Waals surface area contributed by atoms with E-state index in [-0.39, 0.29) is 19.5 Å². The molecule has 74 valence electrons. The van der Waals surface area contributed by atoms with Gasteiger partial charge in [-0.25, -0.2) is 4.79 Å². The minimum Gasteiger partial charge on any atom is -0.481 e. The molecule has 1 rings (SSSR count). The summed E-state index contributed by atoms with van der Waals surface area (Å²) >= 11 is 0. The standard InChI is InChI=1S/C7H11NO5/c9-5-1-4(6(10)11)2-8(3-5)7(12)13/h4-5,9H,1-3H2,(H,10,11)(H,12,13)/t4-,5+/m1/s1. The van der Waals surface area contributed by atoms with Crippen molar-refractivity contribution in [1.82, 2.24) is 4.90 Å². The number of aliphatic carboxylic acids is 1. The molecule has 1 saturated heterocycles. The topological polar surface area (TPSA) is 98.1 Å². The number of piperidine rings is 1. The number of hydrogen-bond acceptors (Lipinski definition) is 3. The fraction of sp³-hybridized carbons (Fsp3) is 0.714. The van der Waals surface area contributed by atoms with Crippen LogP contribution in [0, 0.1) is 5.92 Å². The number of aliphatic hydroxyl groups is 1. The van der Waals surface area contributed by atoms with Crippen LogP contribution in [0.15, 0.2) is 0 Å². The number of aliphatic hydroxyl groups excluding tert-OH is 1. The van der Waals surface area contributed by atoms with Gasteiger partial charge in [0.2, 0.25) is 0 Å². The fourth-order valence-electron chi connectivity index (χ4n) is 1.41. The number of hydrogen-bond donors (Lipinski definition) is 3. The molecule has 1 aliphatic heterocycles. The van der Waals surface area contributed by atoms with E-state index in [0.717, 1.165) is 4.90 Å². The van der Waals surface area contributed by atoms with E-state index in [1.807, 2.05) is 0 Å². The van der Waals surface area contributed by atoms with Gasteiger partial charge < -0.3 is 20.2 Å². The number of nitrogens with zero attached hydrogens (tertiary/aromatic N) is 1. The number of β-amino-alcohol motifs (C(OH)–C–C–N with tert-alkyl or cyclic N) is 1. The minimum atomic E-state index is -1.19. The summed E-state index contributed by atoms with van der Waals surface area (Å²) in [4.78, 5) is 22.0. The molecule has 1 heterocycles. The molecule has 0 bridgehead atoms. The Balaban J connectivity index is 2.62. The molecule has 6 nitrogen and oxygen atoms in total. The van der Waals surface area contributed by atoms with Gasteiger partial charge in [0.1, 0.15) is 0 Å². The molecule has 0 saturated carbocycles.